The van der Waals surface area contributed by atoms with Crippen molar-refractivity contribution < 1.29 is 0 Å². The van der Waals surface area contributed by atoms with Crippen molar-refractivity contribution in [3.63, 3.8) is 0 Å². The molecule has 0 saturated carbocycles. The van der Waals surface area contributed by atoms with Gasteiger partial charge in [0.2, 0.25) is 0 Å². The fourth-order valence-electron chi connectivity index (χ4n) is 2.56. The Hall–Kier alpha value is -2.49. The average molecular weight is 381 g/mol. The monoisotopic (exact) mass is 380 g/mol. The summed E-state index contributed by atoms with van der Waals surface area (Å²) in [5.74, 6) is 1.64. The third kappa shape index (κ3) is 8.47. The molecule has 3 aromatic rings. The average Bonchev–Trinajstić information content (AvgIpc) is 3.10. The molecule has 0 atom stereocenters. The Morgan fingerprint density at radius 2 is 1.36 bits per heavy atom. The van der Waals surface area contributed by atoms with E-state index in [0.717, 1.165) is 11.4 Å². The van der Waals surface area contributed by atoms with E-state index in [1.54, 1.807) is 0 Å². The smallest absolute Gasteiger partial charge is 0.0649 e. The van der Waals surface area contributed by atoms with Crippen LogP contribution >= 0.6 is 0 Å². The lowest BCUT2D eigenvalue weighted by molar-refractivity contribution is 0.713. The van der Waals surface area contributed by atoms with Crippen molar-refractivity contribution >= 4 is 0 Å². The minimum Gasteiger partial charge on any atom is -0.276 e. The first kappa shape index (κ1) is 23.5. The van der Waals surface area contributed by atoms with Gasteiger partial charge in [-0.15, -0.1) is 0 Å². The van der Waals surface area contributed by atoms with Gasteiger partial charge in [-0.3, -0.25) is 14.6 Å². The van der Waals surface area contributed by atoms with Gasteiger partial charge in [0.25, 0.3) is 0 Å². The van der Waals surface area contributed by atoms with E-state index in [-0.39, 0.29) is 0 Å². The Morgan fingerprint density at radius 1 is 0.714 bits per heavy atom. The largest absolute Gasteiger partial charge is 0.276 e. The maximum absolute atomic E-state index is 4.28. The van der Waals surface area contributed by atoms with Crippen molar-refractivity contribution in [2.75, 3.05) is 0 Å². The van der Waals surface area contributed by atoms with Crippen molar-refractivity contribution in [1.82, 2.24) is 19.7 Å². The van der Waals surface area contributed by atoms with Gasteiger partial charge in [0.1, 0.15) is 0 Å². The molecule has 0 amide bonds. The molecule has 3 aromatic heterocycles. The Bertz CT molecular complexity index is 789. The summed E-state index contributed by atoms with van der Waals surface area (Å²) in [7, 11) is 1.94. The molecule has 0 saturated heterocycles. The van der Waals surface area contributed by atoms with Crippen LogP contribution in [0.3, 0.4) is 0 Å². The van der Waals surface area contributed by atoms with Gasteiger partial charge < -0.3 is 0 Å². The lowest BCUT2D eigenvalue weighted by Gasteiger charge is -2.05. The highest BCUT2D eigenvalue weighted by Crippen LogP contribution is 2.14. The molecule has 0 aliphatic rings. The van der Waals surface area contributed by atoms with E-state index in [0.29, 0.717) is 17.8 Å². The number of nitrogens with zero attached hydrogens (tertiary/aromatic N) is 4. The lowest BCUT2D eigenvalue weighted by Crippen LogP contribution is -1.94. The number of aryl methyl sites for hydroxylation is 2. The third-order valence-electron chi connectivity index (χ3n) is 4.20. The standard InChI is InChI=1S/C9H13N.C8H11N.C7H12N2/c1-7(2)9-8(3)5-4-6-10-9;1-7(2)8-5-3-4-6-9-8;1-6(2)7-4-5-9(3)8-7/h4-7H,1-3H3;3-7H,1-2H3;4-6H,1-3H3. The van der Waals surface area contributed by atoms with Gasteiger partial charge in [-0.1, -0.05) is 53.7 Å². The molecule has 0 unspecified atom stereocenters. The second-order valence-electron chi connectivity index (χ2n) is 7.84. The van der Waals surface area contributed by atoms with Gasteiger partial charge >= 0.3 is 0 Å². The Morgan fingerprint density at radius 3 is 1.68 bits per heavy atom. The summed E-state index contributed by atoms with van der Waals surface area (Å²) in [5, 5.41) is 4.23. The summed E-state index contributed by atoms with van der Waals surface area (Å²) >= 11 is 0. The van der Waals surface area contributed by atoms with Crippen molar-refractivity contribution in [3.05, 3.63) is 77.6 Å². The molecule has 0 aliphatic heterocycles. The van der Waals surface area contributed by atoms with Crippen molar-refractivity contribution in [3.8, 4) is 0 Å². The Labute approximate surface area is 171 Å². The Balaban J connectivity index is 0.000000210. The molecule has 0 radical (unpaired) electrons. The summed E-state index contributed by atoms with van der Waals surface area (Å²) in [5.41, 5.74) is 4.83. The number of hydrogen-bond acceptors (Lipinski definition) is 3. The van der Waals surface area contributed by atoms with Gasteiger partial charge in [-0.05, 0) is 54.5 Å². The molecule has 3 rings (SSSR count). The summed E-state index contributed by atoms with van der Waals surface area (Å²) < 4.78 is 1.83. The summed E-state index contributed by atoms with van der Waals surface area (Å²) in [6, 6.07) is 12.1. The highest BCUT2D eigenvalue weighted by molar-refractivity contribution is 5.20. The van der Waals surface area contributed by atoms with Crippen molar-refractivity contribution in [2.45, 2.75) is 66.2 Å². The normalized spacial score (nSPS) is 10.4. The van der Waals surface area contributed by atoms with E-state index in [1.807, 2.05) is 60.7 Å². The van der Waals surface area contributed by atoms with Gasteiger partial charge in [0, 0.05) is 37.0 Å². The van der Waals surface area contributed by atoms with E-state index >= 15 is 0 Å². The van der Waals surface area contributed by atoms with E-state index in [1.165, 1.54) is 11.3 Å². The molecular weight excluding hydrogens is 344 g/mol. The van der Waals surface area contributed by atoms with Crippen LogP contribution in [0.15, 0.2) is 55.0 Å². The second kappa shape index (κ2) is 12.1. The topological polar surface area (TPSA) is 43.6 Å². The quantitative estimate of drug-likeness (QED) is 0.538. The van der Waals surface area contributed by atoms with Crippen LogP contribution in [0.25, 0.3) is 0 Å². The zero-order valence-electron chi connectivity index (χ0n) is 18.7. The number of hydrogen-bond donors (Lipinski definition) is 0. The van der Waals surface area contributed by atoms with Gasteiger partial charge in [-0.2, -0.15) is 5.10 Å². The summed E-state index contributed by atoms with van der Waals surface area (Å²) in [6.07, 6.45) is 5.65. The van der Waals surface area contributed by atoms with E-state index in [4.69, 9.17) is 0 Å². The highest BCUT2D eigenvalue weighted by atomic mass is 15.2. The number of aromatic nitrogens is 4. The van der Waals surface area contributed by atoms with Crippen LogP contribution in [-0.2, 0) is 7.05 Å². The summed E-state index contributed by atoms with van der Waals surface area (Å²) in [4.78, 5) is 8.46. The van der Waals surface area contributed by atoms with Gasteiger partial charge in [-0.25, -0.2) is 0 Å². The SMILES string of the molecule is CC(C)c1ccccn1.CC(C)c1ccn(C)n1.Cc1cccnc1C(C)C. The predicted molar refractivity (Wildman–Crippen MR) is 119 cm³/mol. The minimum absolute atomic E-state index is 0.543. The lowest BCUT2D eigenvalue weighted by atomic mass is 10.1. The molecule has 0 aromatic carbocycles. The predicted octanol–water partition coefficient (Wildman–Crippen LogP) is 6.26. The molecule has 0 N–H and O–H groups in total. The van der Waals surface area contributed by atoms with Gasteiger partial charge in [0.05, 0.1) is 5.69 Å². The zero-order valence-corrected chi connectivity index (χ0v) is 18.7. The van der Waals surface area contributed by atoms with Crippen LogP contribution < -0.4 is 0 Å². The molecule has 0 spiro atoms. The molecule has 28 heavy (non-hydrogen) atoms. The maximum atomic E-state index is 4.28. The first-order valence-electron chi connectivity index (χ1n) is 10.0. The molecule has 3 heterocycles. The Kier molecular flexibility index (Phi) is 10.1. The van der Waals surface area contributed by atoms with Gasteiger partial charge in [0.15, 0.2) is 0 Å². The first-order valence-corrected chi connectivity index (χ1v) is 10.0. The van der Waals surface area contributed by atoms with Crippen molar-refractivity contribution in [2.24, 2.45) is 7.05 Å². The van der Waals surface area contributed by atoms with Crippen LogP contribution in [-0.4, -0.2) is 19.7 Å². The fraction of sp³-hybridized carbons (Fsp3) is 0.458. The third-order valence-corrected chi connectivity index (χ3v) is 4.20. The minimum atomic E-state index is 0.543. The zero-order chi connectivity index (χ0) is 21.1. The summed E-state index contributed by atoms with van der Waals surface area (Å²) in [6.45, 7) is 15.0. The fourth-order valence-corrected chi connectivity index (χ4v) is 2.56. The number of pyridine rings is 2. The van der Waals surface area contributed by atoms with Crippen LogP contribution in [0, 0.1) is 6.92 Å². The molecule has 4 nitrogen and oxygen atoms in total. The number of rotatable bonds is 3. The molecule has 0 fully saturated rings. The van der Waals surface area contributed by atoms with Crippen LogP contribution in [0.1, 0.15) is 81.9 Å². The maximum Gasteiger partial charge on any atom is 0.0649 e. The van der Waals surface area contributed by atoms with Crippen LogP contribution in [0.5, 0.6) is 0 Å². The van der Waals surface area contributed by atoms with E-state index in [9.17, 15) is 0 Å². The van der Waals surface area contributed by atoms with Crippen molar-refractivity contribution in [1.29, 1.82) is 0 Å². The second-order valence-corrected chi connectivity index (χ2v) is 7.84. The van der Waals surface area contributed by atoms with E-state index < -0.39 is 0 Å². The van der Waals surface area contributed by atoms with Crippen LogP contribution in [0.2, 0.25) is 0 Å². The van der Waals surface area contributed by atoms with E-state index in [2.05, 4.69) is 69.6 Å². The molecule has 4 heteroatoms. The van der Waals surface area contributed by atoms with Crippen LogP contribution in [0.4, 0.5) is 0 Å². The molecular formula is C24H36N4. The molecule has 0 aliphatic carbocycles. The molecule has 152 valence electrons. The first-order chi connectivity index (χ1) is 13.2. The highest BCUT2D eigenvalue weighted by Gasteiger charge is 2.01. The molecule has 0 bridgehead atoms.